The van der Waals surface area contributed by atoms with Gasteiger partial charge in [0.2, 0.25) is 5.89 Å². The molecule has 2 amide bonds. The smallest absolute Gasteiger partial charge is 0.335 e. The molecule has 0 aliphatic rings. The van der Waals surface area contributed by atoms with Crippen LogP contribution >= 0.6 is 15.9 Å². The highest BCUT2D eigenvalue weighted by atomic mass is 79.9. The molecule has 2 aromatic rings. The number of carboxylic acids is 1. The lowest BCUT2D eigenvalue weighted by molar-refractivity contribution is 0.0697. The van der Waals surface area contributed by atoms with Gasteiger partial charge in [0, 0.05) is 4.47 Å². The number of carbonyl (C=O) groups is 2. The van der Waals surface area contributed by atoms with Crippen molar-refractivity contribution in [3.63, 3.8) is 0 Å². The van der Waals surface area contributed by atoms with Gasteiger partial charge in [-0.15, -0.1) is 0 Å². The maximum Gasteiger partial charge on any atom is 0.335 e. The Morgan fingerprint density at radius 3 is 2.81 bits per heavy atom. The summed E-state index contributed by atoms with van der Waals surface area (Å²) in [6.45, 7) is 1.89. The second-order valence-corrected chi connectivity index (χ2v) is 5.03. The molecule has 0 spiro atoms. The first-order valence-electron chi connectivity index (χ1n) is 5.94. The van der Waals surface area contributed by atoms with Crippen molar-refractivity contribution in [3.05, 3.63) is 46.1 Å². The average Bonchev–Trinajstić information content (AvgIpc) is 2.84. The van der Waals surface area contributed by atoms with E-state index in [1.54, 1.807) is 19.2 Å². The molecule has 2 rings (SSSR count). The van der Waals surface area contributed by atoms with E-state index in [-0.39, 0.29) is 12.1 Å². The van der Waals surface area contributed by atoms with Gasteiger partial charge in [-0.05, 0) is 41.1 Å². The summed E-state index contributed by atoms with van der Waals surface area (Å²) in [7, 11) is 0. The van der Waals surface area contributed by atoms with Crippen molar-refractivity contribution in [3.8, 4) is 0 Å². The van der Waals surface area contributed by atoms with Gasteiger partial charge in [-0.1, -0.05) is 0 Å². The van der Waals surface area contributed by atoms with E-state index >= 15 is 0 Å². The minimum atomic E-state index is -1.07. The fourth-order valence-corrected chi connectivity index (χ4v) is 1.91. The van der Waals surface area contributed by atoms with Crippen LogP contribution in [0.2, 0.25) is 0 Å². The van der Waals surface area contributed by atoms with Crippen LogP contribution in [0.3, 0.4) is 0 Å². The highest BCUT2D eigenvalue weighted by Crippen LogP contribution is 2.23. The average molecular weight is 354 g/mol. The number of carboxylic acid groups (broad SMARTS) is 1. The molecule has 21 heavy (non-hydrogen) atoms. The minimum Gasteiger partial charge on any atom is -0.478 e. The number of amides is 2. The van der Waals surface area contributed by atoms with Gasteiger partial charge in [0.05, 0.1) is 24.0 Å². The van der Waals surface area contributed by atoms with Crippen molar-refractivity contribution in [1.29, 1.82) is 0 Å². The van der Waals surface area contributed by atoms with Crippen molar-refractivity contribution in [1.82, 2.24) is 10.3 Å². The van der Waals surface area contributed by atoms with E-state index in [1.807, 2.05) is 0 Å². The number of nitrogens with zero attached hydrogens (tertiary/aromatic N) is 1. The SMILES string of the molecule is Cc1cnc(CNC(=O)Nc2cc(C(=O)O)ccc2Br)o1. The van der Waals surface area contributed by atoms with Gasteiger partial charge in [-0.2, -0.15) is 0 Å². The third-order valence-corrected chi connectivity index (χ3v) is 3.22. The first-order chi connectivity index (χ1) is 9.95. The molecular formula is C13H12BrN3O4. The van der Waals surface area contributed by atoms with E-state index in [4.69, 9.17) is 9.52 Å². The van der Waals surface area contributed by atoms with Gasteiger partial charge in [-0.25, -0.2) is 14.6 Å². The van der Waals surface area contributed by atoms with E-state index in [2.05, 4.69) is 31.5 Å². The number of halogens is 1. The molecule has 0 saturated carbocycles. The summed E-state index contributed by atoms with van der Waals surface area (Å²) in [5.41, 5.74) is 0.438. The number of aromatic nitrogens is 1. The summed E-state index contributed by atoms with van der Waals surface area (Å²) in [5, 5.41) is 14.0. The van der Waals surface area contributed by atoms with Crippen LogP contribution in [0.15, 0.2) is 33.3 Å². The standard InChI is InChI=1S/C13H12BrN3O4/c1-7-5-15-11(21-7)6-16-13(20)17-10-4-8(12(18)19)2-3-9(10)14/h2-5H,6H2,1H3,(H,18,19)(H2,16,17,20). The Bertz CT molecular complexity index is 684. The number of aromatic carboxylic acids is 1. The van der Waals surface area contributed by atoms with Crippen molar-refractivity contribution < 1.29 is 19.1 Å². The molecule has 0 aliphatic carbocycles. The minimum absolute atomic E-state index is 0.0804. The zero-order valence-electron chi connectivity index (χ0n) is 11.0. The summed E-state index contributed by atoms with van der Waals surface area (Å²) >= 11 is 3.24. The van der Waals surface area contributed by atoms with Crippen molar-refractivity contribution in [2.24, 2.45) is 0 Å². The van der Waals surface area contributed by atoms with Gasteiger partial charge in [0.15, 0.2) is 0 Å². The molecule has 7 nitrogen and oxygen atoms in total. The number of anilines is 1. The molecule has 3 N–H and O–H groups in total. The third kappa shape index (κ3) is 4.06. The molecule has 0 saturated heterocycles. The lowest BCUT2D eigenvalue weighted by Crippen LogP contribution is -2.28. The number of nitrogens with one attached hydrogen (secondary N) is 2. The van der Waals surface area contributed by atoms with Crippen LogP contribution in [0, 0.1) is 6.92 Å². The monoisotopic (exact) mass is 353 g/mol. The predicted molar refractivity (Wildman–Crippen MR) is 78.2 cm³/mol. The molecule has 8 heteroatoms. The molecule has 0 radical (unpaired) electrons. The van der Waals surface area contributed by atoms with E-state index in [9.17, 15) is 9.59 Å². The Morgan fingerprint density at radius 2 is 2.19 bits per heavy atom. The highest BCUT2D eigenvalue weighted by molar-refractivity contribution is 9.10. The molecule has 1 aromatic heterocycles. The number of rotatable bonds is 4. The van der Waals surface area contributed by atoms with Gasteiger partial charge < -0.3 is 20.2 Å². The maximum atomic E-state index is 11.8. The fraction of sp³-hybridized carbons (Fsp3) is 0.154. The Balaban J connectivity index is 1.99. The summed E-state index contributed by atoms with van der Waals surface area (Å²) in [4.78, 5) is 26.6. The van der Waals surface area contributed by atoms with Crippen LogP contribution in [0.25, 0.3) is 0 Å². The van der Waals surface area contributed by atoms with Crippen LogP contribution < -0.4 is 10.6 Å². The second-order valence-electron chi connectivity index (χ2n) is 4.17. The zero-order chi connectivity index (χ0) is 15.4. The Morgan fingerprint density at radius 1 is 1.43 bits per heavy atom. The van der Waals surface area contributed by atoms with Crippen molar-refractivity contribution >= 4 is 33.6 Å². The summed E-state index contributed by atoms with van der Waals surface area (Å²) < 4.78 is 5.80. The van der Waals surface area contributed by atoms with Crippen LogP contribution in [-0.4, -0.2) is 22.1 Å². The van der Waals surface area contributed by atoms with Gasteiger partial charge in [0.1, 0.15) is 5.76 Å². The Labute approximate surface area is 128 Å². The van der Waals surface area contributed by atoms with Crippen LogP contribution in [0.1, 0.15) is 22.0 Å². The fourth-order valence-electron chi connectivity index (χ4n) is 1.56. The van der Waals surface area contributed by atoms with Gasteiger partial charge >= 0.3 is 12.0 Å². The third-order valence-electron chi connectivity index (χ3n) is 2.53. The lowest BCUT2D eigenvalue weighted by Gasteiger charge is -2.09. The molecule has 1 heterocycles. The molecular weight excluding hydrogens is 342 g/mol. The van der Waals surface area contributed by atoms with E-state index in [0.717, 1.165) is 0 Å². The number of aryl methyl sites for hydroxylation is 1. The topological polar surface area (TPSA) is 104 Å². The molecule has 0 fully saturated rings. The summed E-state index contributed by atoms with van der Waals surface area (Å²) in [6.07, 6.45) is 1.56. The number of benzene rings is 1. The second kappa shape index (κ2) is 6.40. The first kappa shape index (κ1) is 15.0. The number of urea groups is 1. The van der Waals surface area contributed by atoms with Crippen LogP contribution in [0.5, 0.6) is 0 Å². The summed E-state index contributed by atoms with van der Waals surface area (Å²) in [6, 6.07) is 3.86. The molecule has 0 bridgehead atoms. The Hall–Kier alpha value is -2.35. The van der Waals surface area contributed by atoms with E-state index in [0.29, 0.717) is 21.8 Å². The first-order valence-corrected chi connectivity index (χ1v) is 6.74. The van der Waals surface area contributed by atoms with Crippen LogP contribution in [-0.2, 0) is 6.54 Å². The van der Waals surface area contributed by atoms with Crippen molar-refractivity contribution in [2.45, 2.75) is 13.5 Å². The lowest BCUT2D eigenvalue weighted by atomic mass is 10.2. The van der Waals surface area contributed by atoms with Crippen LogP contribution in [0.4, 0.5) is 10.5 Å². The molecule has 0 aliphatic heterocycles. The molecule has 0 unspecified atom stereocenters. The molecule has 110 valence electrons. The molecule has 1 aromatic carbocycles. The number of hydrogen-bond acceptors (Lipinski definition) is 4. The Kier molecular flexibility index (Phi) is 4.59. The zero-order valence-corrected chi connectivity index (χ0v) is 12.6. The summed E-state index contributed by atoms with van der Waals surface area (Å²) in [5.74, 6) is -0.0219. The number of carbonyl (C=O) groups excluding carboxylic acids is 1. The number of hydrogen-bond donors (Lipinski definition) is 3. The normalized spacial score (nSPS) is 10.2. The maximum absolute atomic E-state index is 11.8. The van der Waals surface area contributed by atoms with E-state index < -0.39 is 12.0 Å². The largest absolute Gasteiger partial charge is 0.478 e. The van der Waals surface area contributed by atoms with Crippen molar-refractivity contribution in [2.75, 3.05) is 5.32 Å². The van der Waals surface area contributed by atoms with Gasteiger partial charge in [0.25, 0.3) is 0 Å². The quantitative estimate of drug-likeness (QED) is 0.783. The molecule has 0 atom stereocenters. The van der Waals surface area contributed by atoms with E-state index in [1.165, 1.54) is 12.1 Å². The number of oxazole rings is 1. The highest BCUT2D eigenvalue weighted by Gasteiger charge is 2.10. The van der Waals surface area contributed by atoms with Gasteiger partial charge in [-0.3, -0.25) is 0 Å². The predicted octanol–water partition coefficient (Wildman–Crippen LogP) is 2.77.